The smallest absolute Gasteiger partial charge is 0.246 e. The number of ether oxygens (including phenoxy) is 1. The summed E-state index contributed by atoms with van der Waals surface area (Å²) in [5, 5.41) is 9.39. The SMILES string of the molecule is CCN(CC)C[C@H]1CC[C@H]2CC[C@@H](C(=O)NCCc3ccc(OC)cc3)N2C(=O)[C@H]1NC(=O)[C@@H](Cc1ccccc1)NC. The minimum absolute atomic E-state index is 0.00959. The first-order chi connectivity index (χ1) is 20.9. The number of carbonyl (C=O) groups excluding carboxylic acids is 3. The van der Waals surface area contributed by atoms with Crippen LogP contribution in [0.3, 0.4) is 0 Å². The summed E-state index contributed by atoms with van der Waals surface area (Å²) in [6.07, 6.45) is 4.31. The first-order valence-corrected chi connectivity index (χ1v) is 15.8. The van der Waals surface area contributed by atoms with Crippen molar-refractivity contribution in [2.75, 3.05) is 40.3 Å². The highest BCUT2D eigenvalue weighted by atomic mass is 16.5. The van der Waals surface area contributed by atoms with Gasteiger partial charge in [0.2, 0.25) is 17.7 Å². The van der Waals surface area contributed by atoms with Crippen molar-refractivity contribution in [1.82, 2.24) is 25.8 Å². The second kappa shape index (κ2) is 15.9. The third-order valence-electron chi connectivity index (χ3n) is 9.17. The molecule has 0 aliphatic carbocycles. The Labute approximate surface area is 256 Å². The van der Waals surface area contributed by atoms with Crippen LogP contribution in [0, 0.1) is 5.92 Å². The maximum absolute atomic E-state index is 14.4. The van der Waals surface area contributed by atoms with Crippen LogP contribution in [0.15, 0.2) is 54.6 Å². The fourth-order valence-electron chi connectivity index (χ4n) is 6.55. The van der Waals surface area contributed by atoms with Gasteiger partial charge in [-0.2, -0.15) is 0 Å². The van der Waals surface area contributed by atoms with Gasteiger partial charge in [0.05, 0.1) is 13.2 Å². The van der Waals surface area contributed by atoms with Gasteiger partial charge in [0.25, 0.3) is 0 Å². The average Bonchev–Trinajstić information content (AvgIpc) is 3.42. The van der Waals surface area contributed by atoms with Gasteiger partial charge >= 0.3 is 0 Å². The highest BCUT2D eigenvalue weighted by Gasteiger charge is 2.47. The van der Waals surface area contributed by atoms with E-state index in [9.17, 15) is 14.4 Å². The molecule has 0 aromatic heterocycles. The Morgan fingerprint density at radius 1 is 0.977 bits per heavy atom. The number of benzene rings is 2. The van der Waals surface area contributed by atoms with Crippen molar-refractivity contribution >= 4 is 17.7 Å². The van der Waals surface area contributed by atoms with Gasteiger partial charge in [0, 0.05) is 25.0 Å². The maximum atomic E-state index is 14.4. The Balaban J connectivity index is 1.48. The van der Waals surface area contributed by atoms with Gasteiger partial charge < -0.3 is 30.5 Å². The lowest BCUT2D eigenvalue weighted by Crippen LogP contribution is -2.59. The van der Waals surface area contributed by atoms with E-state index in [1.165, 1.54) is 0 Å². The molecule has 2 heterocycles. The molecule has 234 valence electrons. The summed E-state index contributed by atoms with van der Waals surface area (Å²) in [7, 11) is 3.41. The number of rotatable bonds is 14. The molecule has 2 aliphatic heterocycles. The quantitative estimate of drug-likeness (QED) is 0.312. The molecule has 0 saturated carbocycles. The van der Waals surface area contributed by atoms with Crippen molar-refractivity contribution in [2.24, 2.45) is 5.92 Å². The summed E-state index contributed by atoms with van der Waals surface area (Å²) in [5.41, 5.74) is 2.16. The van der Waals surface area contributed by atoms with E-state index in [1.54, 1.807) is 14.2 Å². The van der Waals surface area contributed by atoms with Gasteiger partial charge in [0.1, 0.15) is 17.8 Å². The minimum Gasteiger partial charge on any atom is -0.497 e. The third kappa shape index (κ3) is 8.36. The molecule has 2 aromatic carbocycles. The van der Waals surface area contributed by atoms with Gasteiger partial charge in [-0.25, -0.2) is 0 Å². The molecule has 2 fully saturated rings. The molecule has 43 heavy (non-hydrogen) atoms. The molecule has 0 bridgehead atoms. The predicted octanol–water partition coefficient (Wildman–Crippen LogP) is 2.78. The van der Waals surface area contributed by atoms with Crippen LogP contribution >= 0.6 is 0 Å². The fraction of sp³-hybridized carbons (Fsp3) is 0.559. The van der Waals surface area contributed by atoms with E-state index in [1.807, 2.05) is 59.5 Å². The molecule has 0 radical (unpaired) electrons. The monoisotopic (exact) mass is 591 g/mol. The van der Waals surface area contributed by atoms with Crippen LogP contribution in [0.5, 0.6) is 5.75 Å². The van der Waals surface area contributed by atoms with Gasteiger partial charge in [-0.15, -0.1) is 0 Å². The van der Waals surface area contributed by atoms with Crippen molar-refractivity contribution in [3.8, 4) is 5.75 Å². The molecule has 9 heteroatoms. The zero-order chi connectivity index (χ0) is 30.8. The van der Waals surface area contributed by atoms with E-state index < -0.39 is 18.1 Å². The Morgan fingerprint density at radius 3 is 2.33 bits per heavy atom. The summed E-state index contributed by atoms with van der Waals surface area (Å²) in [4.78, 5) is 45.6. The number of likely N-dealkylation sites (N-methyl/N-ethyl adjacent to an activating group) is 1. The van der Waals surface area contributed by atoms with Crippen molar-refractivity contribution in [3.05, 3.63) is 65.7 Å². The topological polar surface area (TPSA) is 103 Å². The van der Waals surface area contributed by atoms with Gasteiger partial charge in [-0.3, -0.25) is 14.4 Å². The lowest BCUT2D eigenvalue weighted by Gasteiger charge is -2.34. The fourth-order valence-corrected chi connectivity index (χ4v) is 6.55. The zero-order valence-corrected chi connectivity index (χ0v) is 26.2. The maximum Gasteiger partial charge on any atom is 0.246 e. The molecule has 2 aliphatic rings. The number of amides is 3. The second-order valence-electron chi connectivity index (χ2n) is 11.7. The van der Waals surface area contributed by atoms with Crippen molar-refractivity contribution in [1.29, 1.82) is 0 Å². The Bertz CT molecular complexity index is 1190. The van der Waals surface area contributed by atoms with Gasteiger partial charge in [-0.1, -0.05) is 56.3 Å². The number of carbonyl (C=O) groups is 3. The molecule has 5 atom stereocenters. The number of methoxy groups -OCH3 is 1. The molecule has 3 amide bonds. The zero-order valence-electron chi connectivity index (χ0n) is 26.2. The third-order valence-corrected chi connectivity index (χ3v) is 9.17. The molecule has 9 nitrogen and oxygen atoms in total. The van der Waals surface area contributed by atoms with Gasteiger partial charge in [-0.05, 0) is 81.9 Å². The van der Waals surface area contributed by atoms with Crippen LogP contribution in [0.1, 0.15) is 50.7 Å². The predicted molar refractivity (Wildman–Crippen MR) is 169 cm³/mol. The number of fused-ring (bicyclic) bond motifs is 1. The molecule has 4 rings (SSSR count). The summed E-state index contributed by atoms with van der Waals surface area (Å²) >= 11 is 0. The molecule has 0 spiro atoms. The molecular formula is C34H49N5O4. The van der Waals surface area contributed by atoms with E-state index in [0.717, 1.165) is 55.8 Å². The van der Waals surface area contributed by atoms with E-state index >= 15 is 0 Å². The molecule has 2 aromatic rings. The van der Waals surface area contributed by atoms with Crippen molar-refractivity contribution in [3.63, 3.8) is 0 Å². The first kappa shape index (κ1) is 32.5. The van der Waals surface area contributed by atoms with Crippen LogP contribution < -0.4 is 20.7 Å². The first-order valence-electron chi connectivity index (χ1n) is 15.8. The molecule has 2 saturated heterocycles. The highest BCUT2D eigenvalue weighted by molar-refractivity contribution is 5.94. The van der Waals surface area contributed by atoms with Crippen molar-refractivity contribution in [2.45, 2.75) is 76.5 Å². The number of nitrogens with one attached hydrogen (secondary N) is 3. The Hall–Kier alpha value is -3.43. The van der Waals surface area contributed by atoms with Gasteiger partial charge in [0.15, 0.2) is 0 Å². The second-order valence-corrected chi connectivity index (χ2v) is 11.7. The lowest BCUT2D eigenvalue weighted by atomic mass is 9.92. The van der Waals surface area contributed by atoms with E-state index in [4.69, 9.17) is 4.74 Å². The van der Waals surface area contributed by atoms with E-state index in [-0.39, 0.29) is 29.7 Å². The Morgan fingerprint density at radius 2 is 1.67 bits per heavy atom. The molecule has 0 unspecified atom stereocenters. The van der Waals surface area contributed by atoms with Crippen molar-refractivity contribution < 1.29 is 19.1 Å². The largest absolute Gasteiger partial charge is 0.497 e. The minimum atomic E-state index is -0.683. The standard InChI is InChI=1S/C34H49N5O4/c1-5-38(6-2)23-26-14-15-27-16-19-30(33(41)36-21-20-24-12-17-28(43-4)18-13-24)39(27)34(42)31(26)37-32(40)29(35-3)22-25-10-8-7-9-11-25/h7-13,17-18,26-27,29-31,35H,5-6,14-16,19-23H2,1-4H3,(H,36,41)(H,37,40)/t26-,27+,29-,30+,31+/m1/s1. The molecular weight excluding hydrogens is 542 g/mol. The summed E-state index contributed by atoms with van der Waals surface area (Å²) < 4.78 is 5.23. The summed E-state index contributed by atoms with van der Waals surface area (Å²) in [6.45, 7) is 7.21. The average molecular weight is 592 g/mol. The van der Waals surface area contributed by atoms with Crippen LogP contribution in [-0.4, -0.2) is 92.0 Å². The van der Waals surface area contributed by atoms with E-state index in [0.29, 0.717) is 25.8 Å². The Kier molecular flexibility index (Phi) is 12.0. The highest BCUT2D eigenvalue weighted by Crippen LogP contribution is 2.34. The molecule has 3 N–H and O–H groups in total. The number of hydrogen-bond donors (Lipinski definition) is 3. The number of hydrogen-bond acceptors (Lipinski definition) is 6. The summed E-state index contributed by atoms with van der Waals surface area (Å²) in [5.74, 6) is 0.332. The van der Waals surface area contributed by atoms with Crippen LogP contribution in [0.2, 0.25) is 0 Å². The van der Waals surface area contributed by atoms with Crippen LogP contribution in [0.25, 0.3) is 0 Å². The van der Waals surface area contributed by atoms with Crippen LogP contribution in [0.4, 0.5) is 0 Å². The number of nitrogens with zero attached hydrogens (tertiary/aromatic N) is 2. The lowest BCUT2D eigenvalue weighted by molar-refractivity contribution is -0.143. The van der Waals surface area contributed by atoms with Crippen LogP contribution in [-0.2, 0) is 27.2 Å². The summed E-state index contributed by atoms with van der Waals surface area (Å²) in [6, 6.07) is 16.0. The normalized spacial score (nSPS) is 22.5. The van der Waals surface area contributed by atoms with E-state index in [2.05, 4.69) is 34.7 Å².